The lowest BCUT2D eigenvalue weighted by atomic mass is 9.87. The highest BCUT2D eigenvalue weighted by atomic mass is 19.1. The fourth-order valence-electron chi connectivity index (χ4n) is 4.86. The second-order valence-corrected chi connectivity index (χ2v) is 8.63. The number of fused-ring (bicyclic) bond motifs is 2. The van der Waals surface area contributed by atoms with E-state index in [-0.39, 0.29) is 17.3 Å². The van der Waals surface area contributed by atoms with Crippen LogP contribution in [0.15, 0.2) is 36.5 Å². The quantitative estimate of drug-likeness (QED) is 0.467. The summed E-state index contributed by atoms with van der Waals surface area (Å²) >= 11 is 0. The zero-order valence-corrected chi connectivity index (χ0v) is 18.5. The van der Waals surface area contributed by atoms with Crippen molar-refractivity contribution in [2.45, 2.75) is 12.5 Å². The number of terminal acetylenes is 1. The van der Waals surface area contributed by atoms with Crippen molar-refractivity contribution in [3.05, 3.63) is 47.9 Å². The smallest absolute Gasteiger partial charge is 0.316 e. The average molecular weight is 456 g/mol. The Balaban J connectivity index is 1.62. The predicted molar refractivity (Wildman–Crippen MR) is 126 cm³/mol. The van der Waals surface area contributed by atoms with Crippen molar-refractivity contribution in [2.75, 3.05) is 31.8 Å². The Hall–Kier alpha value is -3.96. The van der Waals surface area contributed by atoms with Gasteiger partial charge < -0.3 is 19.5 Å². The Bertz CT molecular complexity index is 1500. The number of aromatic nitrogens is 3. The largest absolute Gasteiger partial charge is 0.508 e. The molecular formula is C26H21FN4O3. The number of halogens is 1. The monoisotopic (exact) mass is 456 g/mol. The first-order valence-corrected chi connectivity index (χ1v) is 11.1. The molecule has 8 heteroatoms. The second kappa shape index (κ2) is 7.82. The van der Waals surface area contributed by atoms with Gasteiger partial charge in [0.25, 0.3) is 0 Å². The minimum atomic E-state index is -0.500. The Labute approximate surface area is 195 Å². The van der Waals surface area contributed by atoms with E-state index in [1.54, 1.807) is 30.5 Å². The van der Waals surface area contributed by atoms with Crippen LogP contribution in [0, 0.1) is 24.1 Å². The van der Waals surface area contributed by atoms with Gasteiger partial charge in [-0.25, -0.2) is 14.4 Å². The molecule has 2 fully saturated rings. The van der Waals surface area contributed by atoms with Crippen LogP contribution in [-0.2, 0) is 4.74 Å². The summed E-state index contributed by atoms with van der Waals surface area (Å²) in [5.74, 6) is 3.20. The lowest BCUT2D eigenvalue weighted by molar-refractivity contribution is -0.0529. The molecule has 2 aromatic heterocycles. The minimum Gasteiger partial charge on any atom is -0.508 e. The molecule has 1 atom stereocenters. The van der Waals surface area contributed by atoms with Gasteiger partial charge in [-0.2, -0.15) is 4.98 Å². The van der Waals surface area contributed by atoms with Crippen molar-refractivity contribution >= 4 is 27.5 Å². The Morgan fingerprint density at radius 3 is 2.76 bits per heavy atom. The third-order valence-corrected chi connectivity index (χ3v) is 6.74. The standard InChI is InChI=1S/C26H21FN4O3/c1-3-17-20(27)5-4-14-8-16(32)9-18(24(14)17)21-10-22-19(11-28-26(30-22)33-2)25(29-21)31-7-6-23(31)15-12-34-13-15/h1,4-5,8-11,15,23,32H,6-7,12-13H2,2H3. The van der Waals surface area contributed by atoms with E-state index < -0.39 is 5.82 Å². The number of anilines is 1. The molecule has 0 aliphatic carbocycles. The molecule has 1 unspecified atom stereocenters. The number of hydrogen-bond acceptors (Lipinski definition) is 7. The number of rotatable bonds is 4. The Kier molecular flexibility index (Phi) is 4.74. The van der Waals surface area contributed by atoms with Crippen LogP contribution in [0.4, 0.5) is 10.2 Å². The van der Waals surface area contributed by atoms with Crippen LogP contribution in [0.5, 0.6) is 11.8 Å². The normalized spacial score (nSPS) is 17.9. The van der Waals surface area contributed by atoms with E-state index in [2.05, 4.69) is 20.8 Å². The van der Waals surface area contributed by atoms with Gasteiger partial charge in [-0.1, -0.05) is 12.0 Å². The number of pyridine rings is 1. The van der Waals surface area contributed by atoms with Gasteiger partial charge in [0.1, 0.15) is 17.4 Å². The van der Waals surface area contributed by atoms with E-state index in [9.17, 15) is 9.50 Å². The molecule has 0 radical (unpaired) electrons. The molecule has 2 aliphatic rings. The van der Waals surface area contributed by atoms with Crippen LogP contribution in [-0.4, -0.2) is 53.0 Å². The fourth-order valence-corrected chi connectivity index (χ4v) is 4.86. The molecule has 4 heterocycles. The zero-order valence-electron chi connectivity index (χ0n) is 18.5. The van der Waals surface area contributed by atoms with Crippen LogP contribution in [0.25, 0.3) is 32.9 Å². The highest BCUT2D eigenvalue weighted by molar-refractivity contribution is 6.03. The maximum Gasteiger partial charge on any atom is 0.316 e. The van der Waals surface area contributed by atoms with E-state index in [1.807, 2.05) is 0 Å². The van der Waals surface area contributed by atoms with E-state index in [4.69, 9.17) is 20.9 Å². The van der Waals surface area contributed by atoms with Crippen molar-refractivity contribution in [3.63, 3.8) is 0 Å². The van der Waals surface area contributed by atoms with Crippen LogP contribution in [0.2, 0.25) is 0 Å². The summed E-state index contributed by atoms with van der Waals surface area (Å²) in [6.07, 6.45) is 8.45. The molecule has 1 N–H and O–H groups in total. The Morgan fingerprint density at radius 2 is 2.09 bits per heavy atom. The number of hydrogen-bond donors (Lipinski definition) is 1. The van der Waals surface area contributed by atoms with E-state index in [0.717, 1.165) is 37.4 Å². The molecule has 2 aromatic carbocycles. The molecule has 7 nitrogen and oxygen atoms in total. The van der Waals surface area contributed by atoms with Crippen LogP contribution in [0.1, 0.15) is 12.0 Å². The summed E-state index contributed by atoms with van der Waals surface area (Å²) in [4.78, 5) is 16.1. The number of methoxy groups -OCH3 is 1. The Morgan fingerprint density at radius 1 is 1.24 bits per heavy atom. The number of nitrogens with zero attached hydrogens (tertiary/aromatic N) is 4. The van der Waals surface area contributed by atoms with Gasteiger partial charge in [0.15, 0.2) is 0 Å². The molecule has 0 saturated carbocycles. The second-order valence-electron chi connectivity index (χ2n) is 8.63. The maximum absolute atomic E-state index is 14.6. The molecule has 0 bridgehead atoms. The summed E-state index contributed by atoms with van der Waals surface area (Å²) in [5.41, 5.74) is 1.83. The predicted octanol–water partition coefficient (Wildman–Crippen LogP) is 3.90. The molecule has 170 valence electrons. The lowest BCUT2D eigenvalue weighted by Crippen LogP contribution is -2.57. The van der Waals surface area contributed by atoms with Crippen LogP contribution < -0.4 is 9.64 Å². The van der Waals surface area contributed by atoms with Crippen molar-refractivity contribution in [2.24, 2.45) is 5.92 Å². The topological polar surface area (TPSA) is 80.6 Å². The fraction of sp³-hybridized carbons (Fsp3) is 0.269. The third-order valence-electron chi connectivity index (χ3n) is 6.74. The summed E-state index contributed by atoms with van der Waals surface area (Å²) in [5, 5.41) is 12.4. The van der Waals surface area contributed by atoms with Gasteiger partial charge in [-0.3, -0.25) is 0 Å². The SMILES string of the molecule is C#Cc1c(F)ccc2cc(O)cc(-c3cc4nc(OC)ncc4c(N4CCC4C4COC4)n3)c12. The van der Waals surface area contributed by atoms with Crippen molar-refractivity contribution < 1.29 is 19.0 Å². The molecule has 2 saturated heterocycles. The van der Waals surface area contributed by atoms with E-state index >= 15 is 0 Å². The molecule has 34 heavy (non-hydrogen) atoms. The van der Waals surface area contributed by atoms with E-state index in [1.165, 1.54) is 13.2 Å². The summed E-state index contributed by atoms with van der Waals surface area (Å²) in [6.45, 7) is 2.33. The number of aromatic hydroxyl groups is 1. The number of phenols is 1. The highest BCUT2D eigenvalue weighted by Crippen LogP contribution is 2.40. The number of ether oxygens (including phenoxy) is 2. The van der Waals surface area contributed by atoms with Gasteiger partial charge in [0.05, 0.1) is 42.5 Å². The van der Waals surface area contributed by atoms with Crippen molar-refractivity contribution in [3.8, 4) is 35.4 Å². The average Bonchev–Trinajstić information content (AvgIpc) is 2.79. The van der Waals surface area contributed by atoms with Gasteiger partial charge >= 0.3 is 6.01 Å². The first kappa shape index (κ1) is 20.6. The van der Waals surface area contributed by atoms with Gasteiger partial charge in [-0.05, 0) is 36.1 Å². The minimum absolute atomic E-state index is 0.0363. The summed E-state index contributed by atoms with van der Waals surface area (Å²) in [7, 11) is 1.51. The maximum atomic E-state index is 14.6. The molecule has 2 aliphatic heterocycles. The lowest BCUT2D eigenvalue weighted by Gasteiger charge is -2.49. The van der Waals surface area contributed by atoms with E-state index in [0.29, 0.717) is 39.5 Å². The first-order valence-electron chi connectivity index (χ1n) is 11.1. The first-order chi connectivity index (χ1) is 16.6. The molecule has 6 rings (SSSR count). The zero-order chi connectivity index (χ0) is 23.4. The molecule has 0 amide bonds. The molecular weight excluding hydrogens is 435 g/mol. The summed E-state index contributed by atoms with van der Waals surface area (Å²) in [6, 6.07) is 8.39. The molecule has 4 aromatic rings. The van der Waals surface area contributed by atoms with Gasteiger partial charge in [0, 0.05) is 35.7 Å². The van der Waals surface area contributed by atoms with Gasteiger partial charge in [-0.15, -0.1) is 6.42 Å². The van der Waals surface area contributed by atoms with Gasteiger partial charge in [0.2, 0.25) is 0 Å². The summed E-state index contributed by atoms with van der Waals surface area (Å²) < 4.78 is 25.3. The van der Waals surface area contributed by atoms with Crippen molar-refractivity contribution in [1.29, 1.82) is 0 Å². The third kappa shape index (κ3) is 3.12. The van der Waals surface area contributed by atoms with Crippen molar-refractivity contribution in [1.82, 2.24) is 15.0 Å². The highest BCUT2D eigenvalue weighted by Gasteiger charge is 2.40. The van der Waals surface area contributed by atoms with Crippen LogP contribution in [0.3, 0.4) is 0 Å². The van der Waals surface area contributed by atoms with Crippen LogP contribution >= 0.6 is 0 Å². The number of benzene rings is 2. The molecule has 0 spiro atoms. The number of phenolic OH excluding ortho intramolecular Hbond substituents is 1.